The van der Waals surface area contributed by atoms with Gasteiger partial charge in [0.1, 0.15) is 0 Å². The van der Waals surface area contributed by atoms with Gasteiger partial charge in [-0.3, -0.25) is 4.98 Å². The summed E-state index contributed by atoms with van der Waals surface area (Å²) in [6, 6.07) is 5.29. The first-order chi connectivity index (χ1) is 19.8. The van der Waals surface area contributed by atoms with Crippen LogP contribution in [-0.2, 0) is 0 Å². The summed E-state index contributed by atoms with van der Waals surface area (Å²) >= 11 is 0. The molecule has 3 aromatic heterocycles. The lowest BCUT2D eigenvalue weighted by atomic mass is 10.00. The van der Waals surface area contributed by atoms with Gasteiger partial charge in [-0.05, 0) is 69.1 Å². The van der Waals surface area contributed by atoms with Gasteiger partial charge in [-0.1, -0.05) is 73.1 Å². The lowest BCUT2D eigenvalue weighted by Crippen LogP contribution is -2.19. The van der Waals surface area contributed by atoms with Crippen molar-refractivity contribution in [2.45, 2.75) is 92.9 Å². The van der Waals surface area contributed by atoms with Crippen molar-refractivity contribution in [3.8, 4) is 22.6 Å². The minimum absolute atomic E-state index is 0.0678. The number of aryl methyl sites for hydroxylation is 1. The predicted octanol–water partition coefficient (Wildman–Crippen LogP) is 8.71. The Labute approximate surface area is 248 Å². The molecule has 3 heterocycles. The average Bonchev–Trinajstić information content (AvgIpc) is 3.38. The number of rotatable bonds is 12. The standard InChI is InChI=1S/C17H14N4O2.C9H20.C8H19N/c1-10-7-19-17-13(8-20-21(17)9-10)11-3-4-18-14-6-15(22)16(23-2)5-12(11)14;2*1-4-6-8-9(3)7-5-2/h3-9,22H,1-2H3;9H,4-8H2,1-3H3;4-8H2,1-3H3. The Morgan fingerprint density at radius 2 is 1.68 bits per heavy atom. The highest BCUT2D eigenvalue weighted by Crippen LogP contribution is 2.36. The first-order valence-electron chi connectivity index (χ1n) is 15.4. The minimum atomic E-state index is 0.0678. The van der Waals surface area contributed by atoms with Crippen LogP contribution in [0.1, 0.15) is 91.5 Å². The van der Waals surface area contributed by atoms with E-state index in [4.69, 9.17) is 4.74 Å². The van der Waals surface area contributed by atoms with Crippen LogP contribution in [-0.4, -0.2) is 56.8 Å². The van der Waals surface area contributed by atoms with Gasteiger partial charge in [0.2, 0.25) is 0 Å². The van der Waals surface area contributed by atoms with E-state index in [2.05, 4.69) is 61.6 Å². The molecule has 1 atom stereocenters. The molecule has 41 heavy (non-hydrogen) atoms. The summed E-state index contributed by atoms with van der Waals surface area (Å²) in [5.74, 6) is 1.44. The summed E-state index contributed by atoms with van der Waals surface area (Å²) < 4.78 is 6.97. The van der Waals surface area contributed by atoms with Crippen molar-refractivity contribution >= 4 is 16.6 Å². The molecule has 7 heteroatoms. The monoisotopic (exact) mass is 563 g/mol. The number of fused-ring (bicyclic) bond motifs is 2. The maximum Gasteiger partial charge on any atom is 0.162 e. The molecule has 4 aromatic rings. The Hall–Kier alpha value is -3.19. The zero-order chi connectivity index (χ0) is 30.2. The zero-order valence-electron chi connectivity index (χ0n) is 26.8. The van der Waals surface area contributed by atoms with Crippen LogP contribution < -0.4 is 4.74 Å². The van der Waals surface area contributed by atoms with Gasteiger partial charge in [0.05, 0.1) is 18.8 Å². The van der Waals surface area contributed by atoms with E-state index in [1.165, 1.54) is 71.6 Å². The number of nitrogens with zero attached hydrogens (tertiary/aromatic N) is 5. The fraction of sp³-hybridized carbons (Fsp3) is 0.559. The Morgan fingerprint density at radius 3 is 2.34 bits per heavy atom. The molecule has 0 fully saturated rings. The third-order valence-electron chi connectivity index (χ3n) is 7.15. The first kappa shape index (κ1) is 34.0. The zero-order valence-corrected chi connectivity index (χ0v) is 26.8. The van der Waals surface area contributed by atoms with E-state index >= 15 is 0 Å². The topological polar surface area (TPSA) is 75.8 Å². The van der Waals surface area contributed by atoms with Gasteiger partial charge in [-0.15, -0.1) is 0 Å². The molecule has 0 amide bonds. The number of phenolic OH excluding ortho intramolecular Hbond substituents is 1. The third-order valence-corrected chi connectivity index (χ3v) is 7.15. The molecule has 0 bridgehead atoms. The van der Waals surface area contributed by atoms with Crippen LogP contribution in [0.15, 0.2) is 43.0 Å². The van der Waals surface area contributed by atoms with Crippen molar-refractivity contribution in [2.24, 2.45) is 5.92 Å². The number of aromatic hydroxyl groups is 1. The molecular formula is C34H53N5O2. The number of ether oxygens (including phenoxy) is 1. The number of unbranched alkanes of at least 4 members (excludes halogenated alkanes) is 2. The van der Waals surface area contributed by atoms with Gasteiger partial charge in [0, 0.05) is 35.6 Å². The SMILES string of the molecule is CCCCC(C)CCC.CCCCN(C)CCC.COc1cc2c(-c3cnn4cc(C)cnc34)ccnc2cc1O. The maximum absolute atomic E-state index is 9.94. The first-order valence-corrected chi connectivity index (χ1v) is 15.4. The van der Waals surface area contributed by atoms with Crippen molar-refractivity contribution in [1.82, 2.24) is 24.5 Å². The van der Waals surface area contributed by atoms with Gasteiger partial charge in [0.15, 0.2) is 17.1 Å². The molecule has 0 radical (unpaired) electrons. The fourth-order valence-electron chi connectivity index (χ4n) is 4.83. The summed E-state index contributed by atoms with van der Waals surface area (Å²) in [6.45, 7) is 15.8. The molecule has 0 aliphatic rings. The summed E-state index contributed by atoms with van der Waals surface area (Å²) in [7, 11) is 3.72. The molecule has 0 aliphatic carbocycles. The number of benzene rings is 1. The number of phenols is 1. The predicted molar refractivity (Wildman–Crippen MR) is 173 cm³/mol. The molecule has 7 nitrogen and oxygen atoms in total. The van der Waals surface area contributed by atoms with Crippen molar-refractivity contribution in [1.29, 1.82) is 0 Å². The molecule has 0 saturated carbocycles. The highest BCUT2D eigenvalue weighted by atomic mass is 16.5. The summed E-state index contributed by atoms with van der Waals surface area (Å²) in [5.41, 5.74) is 4.35. The molecule has 1 unspecified atom stereocenters. The maximum atomic E-state index is 9.94. The third kappa shape index (κ3) is 10.6. The number of hydrogen-bond donors (Lipinski definition) is 1. The van der Waals surface area contributed by atoms with Crippen molar-refractivity contribution < 1.29 is 9.84 Å². The Balaban J connectivity index is 0.000000272. The fourth-order valence-corrected chi connectivity index (χ4v) is 4.83. The Kier molecular flexibility index (Phi) is 15.2. The smallest absolute Gasteiger partial charge is 0.162 e. The van der Waals surface area contributed by atoms with E-state index < -0.39 is 0 Å². The van der Waals surface area contributed by atoms with Gasteiger partial charge >= 0.3 is 0 Å². The molecule has 1 aromatic carbocycles. The number of methoxy groups -OCH3 is 1. The van der Waals surface area contributed by atoms with Crippen LogP contribution >= 0.6 is 0 Å². The van der Waals surface area contributed by atoms with Crippen LogP contribution in [0.3, 0.4) is 0 Å². The number of hydrogen-bond acceptors (Lipinski definition) is 6. The molecule has 0 aliphatic heterocycles. The highest BCUT2D eigenvalue weighted by molar-refractivity contribution is 5.99. The van der Waals surface area contributed by atoms with Crippen LogP contribution in [0.2, 0.25) is 0 Å². The van der Waals surface area contributed by atoms with Gasteiger partial charge in [0.25, 0.3) is 0 Å². The largest absolute Gasteiger partial charge is 0.504 e. The second-order valence-electron chi connectivity index (χ2n) is 11.1. The normalized spacial score (nSPS) is 11.6. The minimum Gasteiger partial charge on any atom is -0.504 e. The van der Waals surface area contributed by atoms with Crippen LogP contribution in [0.4, 0.5) is 0 Å². The summed E-state index contributed by atoms with van der Waals surface area (Å²) in [6.07, 6.45) is 18.2. The molecule has 0 spiro atoms. The molecule has 1 N–H and O–H groups in total. The molecule has 0 saturated heterocycles. The number of pyridine rings is 1. The lowest BCUT2D eigenvalue weighted by Gasteiger charge is -2.13. The molecular weight excluding hydrogens is 510 g/mol. The van der Waals surface area contributed by atoms with Crippen molar-refractivity contribution in [3.05, 3.63) is 48.5 Å². The Morgan fingerprint density at radius 1 is 0.927 bits per heavy atom. The van der Waals surface area contributed by atoms with E-state index in [1.807, 2.05) is 25.4 Å². The van der Waals surface area contributed by atoms with Crippen LogP contribution in [0, 0.1) is 12.8 Å². The van der Waals surface area contributed by atoms with E-state index in [0.717, 1.165) is 33.6 Å². The van der Waals surface area contributed by atoms with Crippen LogP contribution in [0.5, 0.6) is 11.5 Å². The average molecular weight is 564 g/mol. The second kappa shape index (κ2) is 18.3. The van der Waals surface area contributed by atoms with Crippen LogP contribution in [0.25, 0.3) is 27.7 Å². The van der Waals surface area contributed by atoms with E-state index in [1.54, 1.807) is 29.0 Å². The molecule has 226 valence electrons. The lowest BCUT2D eigenvalue weighted by molar-refractivity contribution is 0.329. The van der Waals surface area contributed by atoms with Crippen molar-refractivity contribution in [3.63, 3.8) is 0 Å². The van der Waals surface area contributed by atoms with E-state index in [0.29, 0.717) is 11.3 Å². The molecule has 4 rings (SSSR count). The van der Waals surface area contributed by atoms with Gasteiger partial charge < -0.3 is 14.7 Å². The second-order valence-corrected chi connectivity index (χ2v) is 11.1. The van der Waals surface area contributed by atoms with E-state index in [-0.39, 0.29) is 5.75 Å². The van der Waals surface area contributed by atoms with Crippen molar-refractivity contribution in [2.75, 3.05) is 27.2 Å². The number of aromatic nitrogens is 4. The highest BCUT2D eigenvalue weighted by Gasteiger charge is 2.14. The Bertz CT molecular complexity index is 1290. The summed E-state index contributed by atoms with van der Waals surface area (Å²) in [5, 5.41) is 15.2. The summed E-state index contributed by atoms with van der Waals surface area (Å²) in [4.78, 5) is 11.2. The quantitative estimate of drug-likeness (QED) is 0.186. The van der Waals surface area contributed by atoms with Gasteiger partial charge in [-0.25, -0.2) is 9.50 Å². The van der Waals surface area contributed by atoms with E-state index in [9.17, 15) is 5.11 Å². The van der Waals surface area contributed by atoms with Gasteiger partial charge in [-0.2, -0.15) is 5.10 Å².